The predicted octanol–water partition coefficient (Wildman–Crippen LogP) is 2.71. The van der Waals surface area contributed by atoms with Crippen LogP contribution in [0.1, 0.15) is 31.4 Å². The Morgan fingerprint density at radius 2 is 2.08 bits per heavy atom. The standard InChI is InChI=1S/C19H27N3O3/c1-14(2)7-8-25-17-6-5-15(9-18(17)24-4)11-20-19(23)10-16-12-21-22(3)13-16/h5-6,9,12-14H,7-8,10-11H2,1-4H3,(H,20,23). The molecule has 1 N–H and O–H groups in total. The van der Waals surface area contributed by atoms with Gasteiger partial charge in [0.15, 0.2) is 11.5 Å². The molecule has 0 fully saturated rings. The van der Waals surface area contributed by atoms with E-state index < -0.39 is 0 Å². The van der Waals surface area contributed by atoms with Gasteiger partial charge in [-0.2, -0.15) is 5.10 Å². The van der Waals surface area contributed by atoms with Gasteiger partial charge in [-0.15, -0.1) is 0 Å². The highest BCUT2D eigenvalue weighted by molar-refractivity contribution is 5.78. The number of carbonyl (C=O) groups is 1. The highest BCUT2D eigenvalue weighted by atomic mass is 16.5. The molecule has 0 aliphatic rings. The first-order valence-electron chi connectivity index (χ1n) is 8.52. The summed E-state index contributed by atoms with van der Waals surface area (Å²) >= 11 is 0. The van der Waals surface area contributed by atoms with Crippen molar-refractivity contribution in [3.8, 4) is 11.5 Å². The van der Waals surface area contributed by atoms with E-state index in [2.05, 4.69) is 24.3 Å². The molecule has 0 unspecified atom stereocenters. The Labute approximate surface area is 149 Å². The van der Waals surface area contributed by atoms with E-state index in [1.807, 2.05) is 31.4 Å². The smallest absolute Gasteiger partial charge is 0.224 e. The van der Waals surface area contributed by atoms with Gasteiger partial charge in [0.05, 0.1) is 26.3 Å². The number of methoxy groups -OCH3 is 1. The van der Waals surface area contributed by atoms with Crippen LogP contribution in [-0.4, -0.2) is 29.4 Å². The zero-order valence-corrected chi connectivity index (χ0v) is 15.4. The maximum absolute atomic E-state index is 12.0. The third kappa shape index (κ3) is 6.14. The summed E-state index contributed by atoms with van der Waals surface area (Å²) in [5.74, 6) is 1.97. The van der Waals surface area contributed by atoms with E-state index in [1.54, 1.807) is 18.0 Å². The van der Waals surface area contributed by atoms with Crippen molar-refractivity contribution in [3.63, 3.8) is 0 Å². The van der Waals surface area contributed by atoms with Crippen LogP contribution < -0.4 is 14.8 Å². The van der Waals surface area contributed by atoms with Gasteiger partial charge in [0, 0.05) is 19.8 Å². The van der Waals surface area contributed by atoms with Gasteiger partial charge >= 0.3 is 0 Å². The lowest BCUT2D eigenvalue weighted by molar-refractivity contribution is -0.120. The van der Waals surface area contributed by atoms with Gasteiger partial charge in [0.25, 0.3) is 0 Å². The largest absolute Gasteiger partial charge is 0.493 e. The molecule has 0 saturated heterocycles. The molecule has 1 aromatic carbocycles. The summed E-state index contributed by atoms with van der Waals surface area (Å²) in [6.45, 7) is 5.44. The molecule has 0 atom stereocenters. The minimum atomic E-state index is -0.0378. The quantitative estimate of drug-likeness (QED) is 0.759. The van der Waals surface area contributed by atoms with Crippen LogP contribution in [0.2, 0.25) is 0 Å². The van der Waals surface area contributed by atoms with Crippen LogP contribution in [0.5, 0.6) is 11.5 Å². The SMILES string of the molecule is COc1cc(CNC(=O)Cc2cnn(C)c2)ccc1OCCC(C)C. The van der Waals surface area contributed by atoms with Crippen LogP contribution in [0.4, 0.5) is 0 Å². The number of rotatable bonds is 9. The van der Waals surface area contributed by atoms with E-state index in [9.17, 15) is 4.79 Å². The minimum absolute atomic E-state index is 0.0378. The number of aryl methyl sites for hydroxylation is 1. The molecule has 6 heteroatoms. The van der Waals surface area contributed by atoms with E-state index in [1.165, 1.54) is 0 Å². The van der Waals surface area contributed by atoms with Gasteiger partial charge in [-0.1, -0.05) is 19.9 Å². The van der Waals surface area contributed by atoms with Gasteiger partial charge < -0.3 is 14.8 Å². The molecule has 0 aliphatic carbocycles. The Bertz CT molecular complexity index is 695. The molecule has 0 aliphatic heterocycles. The van der Waals surface area contributed by atoms with Crippen molar-refractivity contribution >= 4 is 5.91 Å². The van der Waals surface area contributed by atoms with E-state index in [0.29, 0.717) is 31.2 Å². The fourth-order valence-electron chi connectivity index (χ4n) is 2.36. The average Bonchev–Trinajstić information content (AvgIpc) is 2.98. The number of hydrogen-bond donors (Lipinski definition) is 1. The molecule has 6 nitrogen and oxygen atoms in total. The molecule has 1 heterocycles. The summed E-state index contributed by atoms with van der Waals surface area (Å²) in [7, 11) is 3.45. The van der Waals surface area contributed by atoms with Crippen molar-refractivity contribution in [1.29, 1.82) is 0 Å². The summed E-state index contributed by atoms with van der Waals surface area (Å²) in [4.78, 5) is 12.0. The topological polar surface area (TPSA) is 65.4 Å². The molecule has 1 amide bonds. The lowest BCUT2D eigenvalue weighted by Gasteiger charge is -2.13. The number of benzene rings is 1. The second-order valence-corrected chi connectivity index (χ2v) is 6.49. The fraction of sp³-hybridized carbons (Fsp3) is 0.474. The number of nitrogens with zero attached hydrogens (tertiary/aromatic N) is 2. The van der Waals surface area contributed by atoms with Gasteiger partial charge in [-0.05, 0) is 35.6 Å². The number of carbonyl (C=O) groups excluding carboxylic acids is 1. The van der Waals surface area contributed by atoms with Gasteiger partial charge in [0.2, 0.25) is 5.91 Å². The number of amides is 1. The van der Waals surface area contributed by atoms with E-state index in [-0.39, 0.29) is 5.91 Å². The third-order valence-corrected chi connectivity index (χ3v) is 3.79. The summed E-state index contributed by atoms with van der Waals surface area (Å²) in [5, 5.41) is 6.98. The first-order valence-corrected chi connectivity index (χ1v) is 8.52. The lowest BCUT2D eigenvalue weighted by atomic mass is 10.1. The van der Waals surface area contributed by atoms with Crippen LogP contribution in [0.15, 0.2) is 30.6 Å². The summed E-state index contributed by atoms with van der Waals surface area (Å²) < 4.78 is 12.9. The van der Waals surface area contributed by atoms with Gasteiger partial charge in [-0.25, -0.2) is 0 Å². The predicted molar refractivity (Wildman–Crippen MR) is 96.7 cm³/mol. The van der Waals surface area contributed by atoms with Crippen LogP contribution in [0.25, 0.3) is 0 Å². The van der Waals surface area contributed by atoms with Gasteiger partial charge in [-0.3, -0.25) is 9.48 Å². The molecule has 25 heavy (non-hydrogen) atoms. The Morgan fingerprint density at radius 3 is 2.72 bits per heavy atom. The van der Waals surface area contributed by atoms with Crippen LogP contribution in [-0.2, 0) is 24.8 Å². The third-order valence-electron chi connectivity index (χ3n) is 3.79. The molecule has 1 aromatic heterocycles. The molecule has 0 spiro atoms. The van der Waals surface area contributed by atoms with Crippen molar-refractivity contribution in [3.05, 3.63) is 41.7 Å². The van der Waals surface area contributed by atoms with Crippen molar-refractivity contribution in [2.45, 2.75) is 33.2 Å². The number of nitrogens with one attached hydrogen (secondary N) is 1. The number of ether oxygens (including phenoxy) is 2. The molecule has 0 saturated carbocycles. The maximum Gasteiger partial charge on any atom is 0.224 e. The first kappa shape index (κ1) is 18.8. The zero-order chi connectivity index (χ0) is 18.2. The molecule has 136 valence electrons. The first-order chi connectivity index (χ1) is 12.0. The fourth-order valence-corrected chi connectivity index (χ4v) is 2.36. The minimum Gasteiger partial charge on any atom is -0.493 e. The summed E-state index contributed by atoms with van der Waals surface area (Å²) in [5.41, 5.74) is 1.86. The Kier molecular flexibility index (Phi) is 6.86. The summed E-state index contributed by atoms with van der Waals surface area (Å²) in [6, 6.07) is 5.73. The van der Waals surface area contributed by atoms with E-state index in [0.717, 1.165) is 23.3 Å². The van der Waals surface area contributed by atoms with E-state index >= 15 is 0 Å². The second kappa shape index (κ2) is 9.11. The highest BCUT2D eigenvalue weighted by Crippen LogP contribution is 2.28. The normalized spacial score (nSPS) is 10.8. The molecule has 0 bridgehead atoms. The Hall–Kier alpha value is -2.50. The summed E-state index contributed by atoms with van der Waals surface area (Å²) in [6.07, 6.45) is 4.86. The lowest BCUT2D eigenvalue weighted by Crippen LogP contribution is -2.24. The Morgan fingerprint density at radius 1 is 1.28 bits per heavy atom. The van der Waals surface area contributed by atoms with Crippen molar-refractivity contribution in [2.75, 3.05) is 13.7 Å². The maximum atomic E-state index is 12.0. The Balaban J connectivity index is 1.88. The molecule has 2 aromatic rings. The second-order valence-electron chi connectivity index (χ2n) is 6.49. The highest BCUT2D eigenvalue weighted by Gasteiger charge is 2.09. The molecular weight excluding hydrogens is 318 g/mol. The van der Waals surface area contributed by atoms with Crippen molar-refractivity contribution in [2.24, 2.45) is 13.0 Å². The average molecular weight is 345 g/mol. The van der Waals surface area contributed by atoms with Gasteiger partial charge in [0.1, 0.15) is 0 Å². The van der Waals surface area contributed by atoms with Crippen LogP contribution in [0, 0.1) is 5.92 Å². The zero-order valence-electron chi connectivity index (χ0n) is 15.4. The monoisotopic (exact) mass is 345 g/mol. The number of hydrogen-bond acceptors (Lipinski definition) is 4. The molecule has 0 radical (unpaired) electrons. The van der Waals surface area contributed by atoms with Crippen molar-refractivity contribution < 1.29 is 14.3 Å². The number of aromatic nitrogens is 2. The van der Waals surface area contributed by atoms with Crippen LogP contribution >= 0.6 is 0 Å². The van der Waals surface area contributed by atoms with Crippen molar-refractivity contribution in [1.82, 2.24) is 15.1 Å². The molecule has 2 rings (SSSR count). The van der Waals surface area contributed by atoms with E-state index in [4.69, 9.17) is 9.47 Å². The molecular formula is C19H27N3O3. The van der Waals surface area contributed by atoms with Crippen LogP contribution in [0.3, 0.4) is 0 Å².